The van der Waals surface area contributed by atoms with Crippen LogP contribution in [0.2, 0.25) is 0 Å². The predicted molar refractivity (Wildman–Crippen MR) is 102 cm³/mol. The number of hydrogen-bond acceptors (Lipinski definition) is 3. The van der Waals surface area contributed by atoms with Gasteiger partial charge in [0.2, 0.25) is 5.91 Å². The van der Waals surface area contributed by atoms with Gasteiger partial charge in [-0.2, -0.15) is 0 Å². The number of hydrogen-bond donors (Lipinski definition) is 3. The zero-order valence-electron chi connectivity index (χ0n) is 14.6. The van der Waals surface area contributed by atoms with Crippen LogP contribution in [0.1, 0.15) is 54.9 Å². The van der Waals surface area contributed by atoms with E-state index >= 15 is 0 Å². The minimum absolute atomic E-state index is 0.200. The first-order valence-electron chi connectivity index (χ1n) is 8.81. The van der Waals surface area contributed by atoms with Crippen LogP contribution in [0.4, 0.5) is 0 Å². The Bertz CT molecular complexity index is 604. The van der Waals surface area contributed by atoms with Crippen LogP contribution in [0.3, 0.4) is 0 Å². The van der Waals surface area contributed by atoms with E-state index in [1.807, 2.05) is 17.0 Å². The number of nitrogens with zero attached hydrogens (tertiary/aromatic N) is 1. The minimum atomic E-state index is -0.249. The molecule has 136 valence electrons. The largest absolute Gasteiger partial charge is 0.361 e. The van der Waals surface area contributed by atoms with Crippen LogP contribution in [0.15, 0.2) is 24.3 Å². The van der Waals surface area contributed by atoms with Crippen molar-refractivity contribution in [3.8, 4) is 0 Å². The smallest absolute Gasteiger partial charge is 0.269 e. The summed E-state index contributed by atoms with van der Waals surface area (Å²) in [6, 6.07) is 7.26. The maximum absolute atomic E-state index is 12.1. The predicted octanol–water partition coefficient (Wildman–Crippen LogP) is 2.11. The van der Waals surface area contributed by atoms with Gasteiger partial charge in [-0.1, -0.05) is 31.9 Å². The van der Waals surface area contributed by atoms with Crippen molar-refractivity contribution < 1.29 is 9.59 Å². The second-order valence-corrected chi connectivity index (χ2v) is 6.57. The highest BCUT2D eigenvalue weighted by Gasteiger charge is 2.19. The zero-order chi connectivity index (χ0) is 18.1. The van der Waals surface area contributed by atoms with Crippen LogP contribution in [0, 0.1) is 0 Å². The van der Waals surface area contributed by atoms with E-state index in [1.165, 1.54) is 0 Å². The van der Waals surface area contributed by atoms with Gasteiger partial charge in [0.25, 0.3) is 5.91 Å². The molecule has 0 spiro atoms. The van der Waals surface area contributed by atoms with E-state index in [-0.39, 0.29) is 11.8 Å². The number of carbonyl (C=O) groups excluding carboxylic acids is 2. The molecule has 0 aliphatic carbocycles. The molecule has 1 fully saturated rings. The van der Waals surface area contributed by atoms with Gasteiger partial charge >= 0.3 is 0 Å². The van der Waals surface area contributed by atoms with Gasteiger partial charge in [0, 0.05) is 31.6 Å². The summed E-state index contributed by atoms with van der Waals surface area (Å²) in [7, 11) is 0. The molecule has 1 heterocycles. The molecule has 0 aromatic heterocycles. The first-order chi connectivity index (χ1) is 12.1. The van der Waals surface area contributed by atoms with Crippen molar-refractivity contribution in [3.05, 3.63) is 35.4 Å². The summed E-state index contributed by atoms with van der Waals surface area (Å²) in [4.78, 5) is 25.6. The Kier molecular flexibility index (Phi) is 7.66. The molecular formula is C18H26N4O2S. The lowest BCUT2D eigenvalue weighted by atomic mass is 10.1. The van der Waals surface area contributed by atoms with E-state index in [1.54, 1.807) is 12.1 Å². The van der Waals surface area contributed by atoms with Gasteiger partial charge in [0.1, 0.15) is 0 Å². The normalized spacial score (nSPS) is 13.6. The Morgan fingerprint density at radius 2 is 1.96 bits per heavy atom. The van der Waals surface area contributed by atoms with Crippen LogP contribution in [-0.4, -0.2) is 34.9 Å². The van der Waals surface area contributed by atoms with Crippen molar-refractivity contribution in [2.75, 3.05) is 13.1 Å². The second-order valence-electron chi connectivity index (χ2n) is 6.16. The number of unbranched alkanes of at least 4 members (excludes halogenated alkanes) is 2. The van der Waals surface area contributed by atoms with Crippen LogP contribution in [-0.2, 0) is 11.3 Å². The number of thiocarbonyl (C=S) groups is 1. The van der Waals surface area contributed by atoms with E-state index in [0.29, 0.717) is 23.6 Å². The number of nitrogens with one attached hydrogen (secondary N) is 3. The van der Waals surface area contributed by atoms with Crippen LogP contribution < -0.4 is 16.2 Å². The van der Waals surface area contributed by atoms with Crippen molar-refractivity contribution in [1.82, 2.24) is 21.1 Å². The van der Waals surface area contributed by atoms with Gasteiger partial charge in [-0.3, -0.25) is 20.4 Å². The number of carbonyl (C=O) groups is 2. The van der Waals surface area contributed by atoms with Gasteiger partial charge in [0.15, 0.2) is 5.11 Å². The molecule has 25 heavy (non-hydrogen) atoms. The maximum Gasteiger partial charge on any atom is 0.269 e. The van der Waals surface area contributed by atoms with E-state index in [2.05, 4.69) is 23.1 Å². The third-order valence-corrected chi connectivity index (χ3v) is 4.36. The third-order valence-electron chi connectivity index (χ3n) is 4.12. The zero-order valence-corrected chi connectivity index (χ0v) is 15.5. The molecule has 1 saturated heterocycles. The summed E-state index contributed by atoms with van der Waals surface area (Å²) in [5, 5.41) is 3.46. The molecule has 6 nitrogen and oxygen atoms in total. The molecule has 1 aromatic rings. The van der Waals surface area contributed by atoms with Crippen LogP contribution >= 0.6 is 12.2 Å². The topological polar surface area (TPSA) is 73.5 Å². The molecule has 7 heteroatoms. The summed E-state index contributed by atoms with van der Waals surface area (Å²) >= 11 is 5.11. The fourth-order valence-electron chi connectivity index (χ4n) is 2.66. The Hall–Kier alpha value is -2.15. The lowest BCUT2D eigenvalue weighted by Crippen LogP contribution is -2.46. The van der Waals surface area contributed by atoms with Gasteiger partial charge in [-0.25, -0.2) is 0 Å². The molecule has 1 aliphatic rings. The number of amides is 2. The van der Waals surface area contributed by atoms with Crippen molar-refractivity contribution >= 4 is 29.1 Å². The molecule has 0 atom stereocenters. The number of rotatable bonds is 7. The van der Waals surface area contributed by atoms with Crippen LogP contribution in [0.5, 0.6) is 0 Å². The van der Waals surface area contributed by atoms with Crippen molar-refractivity contribution in [2.24, 2.45) is 0 Å². The Labute approximate surface area is 154 Å². The lowest BCUT2D eigenvalue weighted by Gasteiger charge is -2.15. The Morgan fingerprint density at radius 1 is 1.20 bits per heavy atom. The minimum Gasteiger partial charge on any atom is -0.361 e. The van der Waals surface area contributed by atoms with Gasteiger partial charge in [0.05, 0.1) is 0 Å². The average Bonchev–Trinajstić information content (AvgIpc) is 3.02. The molecule has 0 bridgehead atoms. The summed E-state index contributed by atoms with van der Waals surface area (Å²) in [6.07, 6.45) is 4.92. The standard InChI is InChI=1S/C18H26N4O2S/c1-2-3-4-11-19-18(25)21-20-17(24)15-9-7-14(8-10-15)13-22-12-5-6-16(22)23/h7-10H,2-6,11-13H2,1H3,(H,20,24)(H2,19,21,25). The fraction of sp³-hybridized carbons (Fsp3) is 0.500. The molecular weight excluding hydrogens is 336 g/mol. The molecule has 2 rings (SSSR count). The van der Waals surface area contributed by atoms with Gasteiger partial charge in [-0.05, 0) is 42.8 Å². The maximum atomic E-state index is 12.1. The molecule has 1 aliphatic heterocycles. The number of likely N-dealkylation sites (tertiary alicyclic amines) is 1. The highest BCUT2D eigenvalue weighted by atomic mass is 32.1. The Balaban J connectivity index is 1.74. The first kappa shape index (κ1) is 19.2. The highest BCUT2D eigenvalue weighted by molar-refractivity contribution is 7.80. The summed E-state index contributed by atoms with van der Waals surface area (Å²) in [5.74, 6) is -0.0486. The lowest BCUT2D eigenvalue weighted by molar-refractivity contribution is -0.128. The average molecular weight is 362 g/mol. The molecule has 3 N–H and O–H groups in total. The molecule has 0 unspecified atom stereocenters. The summed E-state index contributed by atoms with van der Waals surface area (Å²) < 4.78 is 0. The molecule has 2 amide bonds. The van der Waals surface area contributed by atoms with Crippen molar-refractivity contribution in [1.29, 1.82) is 0 Å². The van der Waals surface area contributed by atoms with Gasteiger partial charge < -0.3 is 10.2 Å². The second kappa shape index (κ2) is 9.98. The van der Waals surface area contributed by atoms with E-state index < -0.39 is 0 Å². The number of hydrazine groups is 1. The van der Waals surface area contributed by atoms with Crippen molar-refractivity contribution in [2.45, 2.75) is 45.6 Å². The van der Waals surface area contributed by atoms with E-state index in [4.69, 9.17) is 12.2 Å². The molecule has 0 radical (unpaired) electrons. The van der Waals surface area contributed by atoms with Gasteiger partial charge in [-0.15, -0.1) is 0 Å². The SMILES string of the molecule is CCCCCNC(=S)NNC(=O)c1ccc(CN2CCCC2=O)cc1. The van der Waals surface area contributed by atoms with Crippen molar-refractivity contribution in [3.63, 3.8) is 0 Å². The monoisotopic (exact) mass is 362 g/mol. The molecule has 1 aromatic carbocycles. The highest BCUT2D eigenvalue weighted by Crippen LogP contribution is 2.14. The summed E-state index contributed by atoms with van der Waals surface area (Å²) in [5.41, 5.74) is 6.85. The first-order valence-corrected chi connectivity index (χ1v) is 9.22. The number of benzene rings is 1. The Morgan fingerprint density at radius 3 is 2.60 bits per heavy atom. The quantitative estimate of drug-likeness (QED) is 0.394. The fourth-order valence-corrected chi connectivity index (χ4v) is 2.81. The van der Waals surface area contributed by atoms with E-state index in [0.717, 1.165) is 44.3 Å². The van der Waals surface area contributed by atoms with Crippen LogP contribution in [0.25, 0.3) is 0 Å². The van der Waals surface area contributed by atoms with E-state index in [9.17, 15) is 9.59 Å². The molecule has 0 saturated carbocycles. The summed E-state index contributed by atoms with van der Waals surface area (Å²) in [6.45, 7) is 4.35. The third kappa shape index (κ3) is 6.34.